The average molecular weight is 334 g/mol. The van der Waals surface area contributed by atoms with Gasteiger partial charge in [0.2, 0.25) is 5.91 Å². The van der Waals surface area contributed by atoms with E-state index in [0.29, 0.717) is 5.92 Å². The first-order valence-electron chi connectivity index (χ1n) is 9.19. The van der Waals surface area contributed by atoms with E-state index in [1.807, 2.05) is 30.3 Å². The minimum Gasteiger partial charge on any atom is -0.368 e. The lowest BCUT2D eigenvalue weighted by Crippen LogP contribution is -2.33. The Kier molecular flexibility index (Phi) is 3.54. The van der Waals surface area contributed by atoms with Crippen molar-refractivity contribution in [1.29, 1.82) is 0 Å². The highest BCUT2D eigenvalue weighted by molar-refractivity contribution is 5.98. The molecule has 2 aliphatic rings. The standard InChI is InChI=1S/C22H26N2O/c1-21(2)15-11-12-22(21,3)18(13-15)24-19(20(23)25)17-10-6-8-14-7-4-5-9-16(14)17/h4-10,15,19H,11-13H2,1-3H3,(H2,23,25)/t15-,19+,22+/m1/s1. The van der Waals surface area contributed by atoms with Gasteiger partial charge in [0.25, 0.3) is 0 Å². The molecule has 0 heterocycles. The predicted molar refractivity (Wildman–Crippen MR) is 103 cm³/mol. The topological polar surface area (TPSA) is 55.4 Å². The van der Waals surface area contributed by atoms with E-state index in [1.165, 1.54) is 12.1 Å². The fourth-order valence-electron chi connectivity index (χ4n) is 5.05. The number of aliphatic imine (C=N–C) groups is 1. The highest BCUT2D eigenvalue weighted by atomic mass is 16.1. The lowest BCUT2D eigenvalue weighted by atomic mass is 9.70. The third kappa shape index (κ3) is 2.25. The maximum Gasteiger partial charge on any atom is 0.246 e. The number of carbonyl (C=O) groups excluding carboxylic acids is 1. The molecule has 0 spiro atoms. The molecule has 2 bridgehead atoms. The van der Waals surface area contributed by atoms with Crippen LogP contribution in [0, 0.1) is 16.7 Å². The first-order chi connectivity index (χ1) is 11.8. The highest BCUT2D eigenvalue weighted by Crippen LogP contribution is 2.64. The van der Waals surface area contributed by atoms with Crippen molar-refractivity contribution in [3.63, 3.8) is 0 Å². The van der Waals surface area contributed by atoms with Crippen LogP contribution in [0.25, 0.3) is 10.8 Å². The number of amides is 1. The van der Waals surface area contributed by atoms with Gasteiger partial charge in [0.1, 0.15) is 0 Å². The number of benzene rings is 2. The molecule has 0 aliphatic heterocycles. The summed E-state index contributed by atoms with van der Waals surface area (Å²) in [7, 11) is 0. The van der Waals surface area contributed by atoms with Crippen molar-refractivity contribution in [1.82, 2.24) is 0 Å². The number of hydrogen-bond acceptors (Lipinski definition) is 2. The molecule has 0 unspecified atom stereocenters. The molecule has 1 amide bonds. The fraction of sp³-hybridized carbons (Fsp3) is 0.455. The molecule has 3 nitrogen and oxygen atoms in total. The Bertz CT molecular complexity index is 877. The van der Waals surface area contributed by atoms with Crippen LogP contribution in [0.4, 0.5) is 0 Å². The van der Waals surface area contributed by atoms with Crippen molar-refractivity contribution in [3.8, 4) is 0 Å². The lowest BCUT2D eigenvalue weighted by molar-refractivity contribution is -0.119. The smallest absolute Gasteiger partial charge is 0.246 e. The molecule has 0 aromatic heterocycles. The number of rotatable bonds is 3. The molecule has 0 radical (unpaired) electrons. The Morgan fingerprint density at radius 3 is 2.52 bits per heavy atom. The number of fused-ring (bicyclic) bond motifs is 3. The number of nitrogens with zero attached hydrogens (tertiary/aromatic N) is 1. The molecular weight excluding hydrogens is 308 g/mol. The van der Waals surface area contributed by atoms with E-state index >= 15 is 0 Å². The van der Waals surface area contributed by atoms with Gasteiger partial charge in [-0.15, -0.1) is 0 Å². The molecule has 2 aromatic rings. The normalized spacial score (nSPS) is 30.0. The van der Waals surface area contributed by atoms with E-state index in [0.717, 1.165) is 29.2 Å². The van der Waals surface area contributed by atoms with Gasteiger partial charge in [-0.1, -0.05) is 63.2 Å². The zero-order valence-electron chi connectivity index (χ0n) is 15.3. The molecule has 0 saturated heterocycles. The summed E-state index contributed by atoms with van der Waals surface area (Å²) < 4.78 is 0. The maximum absolute atomic E-state index is 12.3. The van der Waals surface area contributed by atoms with Crippen molar-refractivity contribution in [3.05, 3.63) is 48.0 Å². The number of carbonyl (C=O) groups is 1. The van der Waals surface area contributed by atoms with Crippen LogP contribution in [0.5, 0.6) is 0 Å². The van der Waals surface area contributed by atoms with E-state index in [1.54, 1.807) is 0 Å². The first-order valence-corrected chi connectivity index (χ1v) is 9.19. The Hall–Kier alpha value is -2.16. The van der Waals surface area contributed by atoms with Gasteiger partial charge in [0.05, 0.1) is 0 Å². The van der Waals surface area contributed by atoms with Crippen LogP contribution in [-0.4, -0.2) is 11.6 Å². The minimum absolute atomic E-state index is 0.0793. The van der Waals surface area contributed by atoms with E-state index < -0.39 is 6.04 Å². The Labute approximate surface area is 149 Å². The van der Waals surface area contributed by atoms with Gasteiger partial charge in [-0.05, 0) is 46.9 Å². The summed E-state index contributed by atoms with van der Waals surface area (Å²) in [5, 5.41) is 2.18. The summed E-state index contributed by atoms with van der Waals surface area (Å²) in [5.74, 6) is 0.297. The second kappa shape index (κ2) is 5.42. The quantitative estimate of drug-likeness (QED) is 0.872. The molecule has 2 saturated carbocycles. The van der Waals surface area contributed by atoms with Gasteiger partial charge >= 0.3 is 0 Å². The summed E-state index contributed by atoms with van der Waals surface area (Å²) >= 11 is 0. The molecule has 25 heavy (non-hydrogen) atoms. The fourth-order valence-corrected chi connectivity index (χ4v) is 5.05. The van der Waals surface area contributed by atoms with E-state index in [-0.39, 0.29) is 16.7 Å². The zero-order chi connectivity index (χ0) is 17.8. The second-order valence-electron chi connectivity index (χ2n) is 8.44. The summed E-state index contributed by atoms with van der Waals surface area (Å²) in [6.45, 7) is 7.02. The molecule has 2 fully saturated rings. The lowest BCUT2D eigenvalue weighted by Gasteiger charge is -2.35. The summed E-state index contributed by atoms with van der Waals surface area (Å²) in [6.07, 6.45) is 3.42. The molecule has 130 valence electrons. The van der Waals surface area contributed by atoms with Crippen molar-refractivity contribution in [2.24, 2.45) is 27.5 Å². The van der Waals surface area contributed by atoms with Crippen LogP contribution < -0.4 is 5.73 Å². The molecule has 2 aliphatic carbocycles. The summed E-state index contributed by atoms with van der Waals surface area (Å²) in [4.78, 5) is 17.3. The van der Waals surface area contributed by atoms with Crippen LogP contribution in [0.15, 0.2) is 47.5 Å². The van der Waals surface area contributed by atoms with Gasteiger partial charge in [-0.25, -0.2) is 0 Å². The largest absolute Gasteiger partial charge is 0.368 e. The number of primary amides is 1. The number of nitrogens with two attached hydrogens (primary N) is 1. The van der Waals surface area contributed by atoms with Crippen LogP contribution >= 0.6 is 0 Å². The molecular formula is C22H26N2O. The SMILES string of the molecule is CC1(C)[C@@H]2CC[C@@]1(C)C(=N[C@H](C(N)=O)c1cccc3ccccc13)C2. The van der Waals surface area contributed by atoms with Gasteiger partial charge in [0.15, 0.2) is 6.04 Å². The predicted octanol–water partition coefficient (Wildman–Crippen LogP) is 4.65. The zero-order valence-corrected chi connectivity index (χ0v) is 15.3. The molecule has 4 rings (SSSR count). The van der Waals surface area contributed by atoms with Gasteiger partial charge in [0, 0.05) is 11.1 Å². The summed E-state index contributed by atoms with van der Waals surface area (Å²) in [6, 6.07) is 13.6. The number of hydrogen-bond donors (Lipinski definition) is 1. The molecule has 3 atom stereocenters. The first kappa shape index (κ1) is 16.3. The van der Waals surface area contributed by atoms with E-state index in [4.69, 9.17) is 10.7 Å². The van der Waals surface area contributed by atoms with Crippen molar-refractivity contribution in [2.45, 2.75) is 46.1 Å². The van der Waals surface area contributed by atoms with Crippen LogP contribution in [0.2, 0.25) is 0 Å². The van der Waals surface area contributed by atoms with E-state index in [9.17, 15) is 4.79 Å². The maximum atomic E-state index is 12.3. The van der Waals surface area contributed by atoms with Crippen LogP contribution in [0.1, 0.15) is 51.6 Å². The van der Waals surface area contributed by atoms with E-state index in [2.05, 4.69) is 32.9 Å². The minimum atomic E-state index is -0.604. The van der Waals surface area contributed by atoms with Crippen molar-refractivity contribution in [2.75, 3.05) is 0 Å². The third-order valence-electron chi connectivity index (χ3n) is 7.18. The van der Waals surface area contributed by atoms with Gasteiger partial charge in [-0.2, -0.15) is 0 Å². The Morgan fingerprint density at radius 2 is 1.88 bits per heavy atom. The third-order valence-corrected chi connectivity index (χ3v) is 7.18. The molecule has 3 heteroatoms. The molecule has 2 aromatic carbocycles. The average Bonchev–Trinajstić information content (AvgIpc) is 2.92. The van der Waals surface area contributed by atoms with Gasteiger partial charge < -0.3 is 5.73 Å². The summed E-state index contributed by atoms with van der Waals surface area (Å²) in [5.41, 5.74) is 8.23. The molecule has 2 N–H and O–H groups in total. The second-order valence-corrected chi connectivity index (χ2v) is 8.44. The van der Waals surface area contributed by atoms with Gasteiger partial charge in [-0.3, -0.25) is 9.79 Å². The van der Waals surface area contributed by atoms with Crippen molar-refractivity contribution >= 4 is 22.4 Å². The monoisotopic (exact) mass is 334 g/mol. The Balaban J connectivity index is 1.83. The van der Waals surface area contributed by atoms with Crippen molar-refractivity contribution < 1.29 is 4.79 Å². The van der Waals surface area contributed by atoms with Crippen LogP contribution in [0.3, 0.4) is 0 Å². The van der Waals surface area contributed by atoms with Crippen LogP contribution in [-0.2, 0) is 4.79 Å². The highest BCUT2D eigenvalue weighted by Gasteiger charge is 2.59. The Morgan fingerprint density at radius 1 is 1.16 bits per heavy atom.